The summed E-state index contributed by atoms with van der Waals surface area (Å²) in [5.41, 5.74) is 5.50. The van der Waals surface area contributed by atoms with E-state index in [1.54, 1.807) is 46.4 Å². The molecule has 0 saturated heterocycles. The van der Waals surface area contributed by atoms with Crippen molar-refractivity contribution in [3.8, 4) is 11.5 Å². The van der Waals surface area contributed by atoms with Crippen LogP contribution < -0.4 is 20.5 Å². The molecule has 1 aliphatic carbocycles. The van der Waals surface area contributed by atoms with Gasteiger partial charge in [0.2, 0.25) is 0 Å². The number of hydrogen-bond donors (Lipinski definition) is 2. The smallest absolute Gasteiger partial charge is 0.416 e. The quantitative estimate of drug-likeness (QED) is 0.254. The van der Waals surface area contributed by atoms with E-state index in [4.69, 9.17) is 19.9 Å². The monoisotopic (exact) mass is 507 g/mol. The summed E-state index contributed by atoms with van der Waals surface area (Å²) in [5, 5.41) is 3.04. The Morgan fingerprint density at radius 1 is 1.22 bits per heavy atom. The third-order valence-corrected chi connectivity index (χ3v) is 5.21. The predicted octanol–water partition coefficient (Wildman–Crippen LogP) is 4.83. The molecule has 0 unspecified atom stereocenters. The minimum absolute atomic E-state index is 0.344. The third kappa shape index (κ3) is 7.70. The molecule has 1 aromatic rings. The molecule has 0 spiro atoms. The van der Waals surface area contributed by atoms with Gasteiger partial charge in [-0.3, -0.25) is 9.98 Å². The van der Waals surface area contributed by atoms with E-state index in [1.165, 1.54) is 13.2 Å². The van der Waals surface area contributed by atoms with E-state index in [2.05, 4.69) is 27.0 Å². The zero-order valence-electron chi connectivity index (χ0n) is 21.1. The summed E-state index contributed by atoms with van der Waals surface area (Å²) in [5.74, 6) is 1.00. The van der Waals surface area contributed by atoms with Gasteiger partial charge in [0.1, 0.15) is 17.3 Å². The lowest BCUT2D eigenvalue weighted by molar-refractivity contribution is -0.0882. The number of alkyl halides is 3. The fraction of sp³-hybridized carbons (Fsp3) is 0.400. The van der Waals surface area contributed by atoms with Crippen molar-refractivity contribution in [1.29, 1.82) is 0 Å². The van der Waals surface area contributed by atoms with Crippen LogP contribution in [0.3, 0.4) is 0 Å². The normalized spacial score (nSPS) is 16.8. The van der Waals surface area contributed by atoms with Gasteiger partial charge in [0.15, 0.2) is 11.5 Å². The zero-order valence-corrected chi connectivity index (χ0v) is 21.1. The van der Waals surface area contributed by atoms with E-state index in [1.807, 2.05) is 0 Å². The second-order valence-corrected chi connectivity index (χ2v) is 8.02. The number of nitrogens with one attached hydrogen (secondary N) is 1. The Morgan fingerprint density at radius 3 is 2.42 bits per heavy atom. The lowest BCUT2D eigenvalue weighted by atomic mass is 10.1. The van der Waals surface area contributed by atoms with Gasteiger partial charge < -0.3 is 25.3 Å². The topological polar surface area (TPSA) is 103 Å². The molecule has 0 aromatic heterocycles. The molecule has 2 rings (SSSR count). The van der Waals surface area contributed by atoms with Crippen molar-refractivity contribution in [2.45, 2.75) is 38.5 Å². The lowest BCUT2D eigenvalue weighted by Crippen LogP contribution is -2.26. The molecule has 36 heavy (non-hydrogen) atoms. The highest BCUT2D eigenvalue weighted by Crippen LogP contribution is 2.45. The average Bonchev–Trinajstić information content (AvgIpc) is 3.59. The fourth-order valence-electron chi connectivity index (χ4n) is 3.25. The Bertz CT molecular complexity index is 1100. The SMILES string of the molecule is C=N\C(N)=C/C(=C\C=C(/C)NC(=NC)c1cc(OC2(COC)CC2)c(OC)cc1N=CC)C(F)(F)F. The van der Waals surface area contributed by atoms with E-state index in [9.17, 15) is 13.2 Å². The maximum absolute atomic E-state index is 13.4. The molecule has 1 aliphatic rings. The Labute approximate surface area is 209 Å². The maximum Gasteiger partial charge on any atom is 0.416 e. The highest BCUT2D eigenvalue weighted by molar-refractivity contribution is 6.05. The average molecular weight is 508 g/mol. The minimum atomic E-state index is -4.63. The number of aliphatic imine (C=N–C) groups is 3. The summed E-state index contributed by atoms with van der Waals surface area (Å²) in [7, 11) is 4.71. The summed E-state index contributed by atoms with van der Waals surface area (Å²) in [6.07, 6.45) is 1.55. The van der Waals surface area contributed by atoms with E-state index in [0.29, 0.717) is 47.0 Å². The number of nitrogens with two attached hydrogens (primary N) is 1. The first-order valence-corrected chi connectivity index (χ1v) is 11.0. The van der Waals surface area contributed by atoms with Gasteiger partial charge in [0, 0.05) is 37.7 Å². The number of ether oxygens (including phenoxy) is 3. The Morgan fingerprint density at radius 2 is 1.92 bits per heavy atom. The Hall–Kier alpha value is -3.60. The number of rotatable bonds is 11. The molecule has 1 aromatic carbocycles. The molecule has 3 N–H and O–H groups in total. The van der Waals surface area contributed by atoms with Crippen LogP contribution in [0.1, 0.15) is 32.3 Å². The first kappa shape index (κ1) is 28.6. The molecule has 0 radical (unpaired) electrons. The molecule has 1 saturated carbocycles. The molecule has 196 valence electrons. The van der Waals surface area contributed by atoms with Crippen LogP contribution in [0.5, 0.6) is 11.5 Å². The van der Waals surface area contributed by atoms with E-state index in [-0.39, 0.29) is 5.82 Å². The van der Waals surface area contributed by atoms with Crippen molar-refractivity contribution in [3.63, 3.8) is 0 Å². The minimum Gasteiger partial charge on any atom is -0.493 e. The molecule has 1 fully saturated rings. The first-order valence-electron chi connectivity index (χ1n) is 11.0. The van der Waals surface area contributed by atoms with Crippen LogP contribution in [0, 0.1) is 0 Å². The van der Waals surface area contributed by atoms with Gasteiger partial charge in [-0.25, -0.2) is 4.99 Å². The second kappa shape index (κ2) is 12.4. The van der Waals surface area contributed by atoms with Gasteiger partial charge in [0.25, 0.3) is 0 Å². The summed E-state index contributed by atoms with van der Waals surface area (Å²) < 4.78 is 57.1. The second-order valence-electron chi connectivity index (χ2n) is 8.02. The summed E-state index contributed by atoms with van der Waals surface area (Å²) in [4.78, 5) is 12.0. The largest absolute Gasteiger partial charge is 0.493 e. The van der Waals surface area contributed by atoms with Gasteiger partial charge in [-0.05, 0) is 57.7 Å². The maximum atomic E-state index is 13.4. The van der Waals surface area contributed by atoms with Crippen LogP contribution >= 0.6 is 0 Å². The number of methoxy groups -OCH3 is 2. The van der Waals surface area contributed by atoms with Crippen LogP contribution in [-0.4, -0.2) is 58.4 Å². The number of benzene rings is 1. The van der Waals surface area contributed by atoms with Crippen LogP contribution in [0.2, 0.25) is 0 Å². The first-order chi connectivity index (χ1) is 17.0. The van der Waals surface area contributed by atoms with E-state index < -0.39 is 17.4 Å². The van der Waals surface area contributed by atoms with Gasteiger partial charge in [0.05, 0.1) is 25.0 Å². The van der Waals surface area contributed by atoms with E-state index >= 15 is 0 Å². The number of allylic oxidation sites excluding steroid dienone is 5. The molecule has 0 aliphatic heterocycles. The van der Waals surface area contributed by atoms with E-state index in [0.717, 1.165) is 18.9 Å². The molecular formula is C25H32F3N5O3. The van der Waals surface area contributed by atoms with Gasteiger partial charge in [-0.15, -0.1) is 0 Å². The fourth-order valence-corrected chi connectivity index (χ4v) is 3.25. The number of amidine groups is 1. The lowest BCUT2D eigenvalue weighted by Gasteiger charge is -2.21. The van der Waals surface area contributed by atoms with Gasteiger partial charge in [-0.2, -0.15) is 13.2 Å². The van der Waals surface area contributed by atoms with Crippen molar-refractivity contribution >= 4 is 24.5 Å². The summed E-state index contributed by atoms with van der Waals surface area (Å²) in [6, 6.07) is 3.46. The van der Waals surface area contributed by atoms with Crippen LogP contribution in [0.25, 0.3) is 0 Å². The molecule has 0 atom stereocenters. The third-order valence-electron chi connectivity index (χ3n) is 5.21. The van der Waals surface area contributed by atoms with Crippen molar-refractivity contribution in [2.24, 2.45) is 20.7 Å². The Kier molecular flexibility index (Phi) is 9.85. The zero-order chi connectivity index (χ0) is 26.9. The highest BCUT2D eigenvalue weighted by Gasteiger charge is 2.46. The van der Waals surface area contributed by atoms with Crippen molar-refractivity contribution in [1.82, 2.24) is 5.32 Å². The standard InChI is InChI=1S/C25H32F3N5O3/c1-7-32-19-14-20(35-6)21(36-24(10-11-24)15-34-5)13-18(19)23(31-4)33-16(2)8-9-17(25(26,27)28)12-22(29)30-3/h7-9,12-14H,3,10-11,15,29H2,1-2,4-6H3,(H,31,33)/b16-8+,17-9+,22-12-,32-7?. The van der Waals surface area contributed by atoms with Crippen molar-refractivity contribution < 1.29 is 27.4 Å². The van der Waals surface area contributed by atoms with Gasteiger partial charge in [-0.1, -0.05) is 0 Å². The number of halogens is 3. The molecular weight excluding hydrogens is 475 g/mol. The van der Waals surface area contributed by atoms with Crippen molar-refractivity contribution in [2.75, 3.05) is 27.9 Å². The van der Waals surface area contributed by atoms with Crippen LogP contribution in [0.15, 0.2) is 62.4 Å². The number of nitrogens with zero attached hydrogens (tertiary/aromatic N) is 3. The Balaban J connectivity index is 2.46. The van der Waals surface area contributed by atoms with Crippen LogP contribution in [0.4, 0.5) is 18.9 Å². The molecule has 11 heteroatoms. The molecule has 0 bridgehead atoms. The van der Waals surface area contributed by atoms with Crippen molar-refractivity contribution in [3.05, 3.63) is 53.0 Å². The molecule has 8 nitrogen and oxygen atoms in total. The number of hydrogen-bond acceptors (Lipinski definition) is 7. The van der Waals surface area contributed by atoms with Crippen LogP contribution in [-0.2, 0) is 4.74 Å². The van der Waals surface area contributed by atoms with Gasteiger partial charge >= 0.3 is 6.18 Å². The highest BCUT2D eigenvalue weighted by atomic mass is 19.4. The summed E-state index contributed by atoms with van der Waals surface area (Å²) >= 11 is 0. The molecule has 0 amide bonds. The summed E-state index contributed by atoms with van der Waals surface area (Å²) in [6.45, 7) is 6.94. The predicted molar refractivity (Wildman–Crippen MR) is 137 cm³/mol. The molecule has 0 heterocycles.